The molecule has 0 unspecified atom stereocenters. The Hall–Kier alpha value is -2.84. The van der Waals surface area contributed by atoms with Crippen molar-refractivity contribution in [3.63, 3.8) is 0 Å². The van der Waals surface area contributed by atoms with E-state index < -0.39 is 0 Å². The van der Waals surface area contributed by atoms with Gasteiger partial charge in [-0.15, -0.1) is 0 Å². The fourth-order valence-corrected chi connectivity index (χ4v) is 3.19. The third kappa shape index (κ3) is 6.60. The molecule has 3 aromatic rings. The molecule has 7 N–H and O–H groups in total. The summed E-state index contributed by atoms with van der Waals surface area (Å²) in [5.74, 6) is 0.336. The van der Waals surface area contributed by atoms with E-state index >= 15 is 0 Å². The number of halogens is 1. The Morgan fingerprint density at radius 3 is 2.37 bits per heavy atom. The highest BCUT2D eigenvalue weighted by molar-refractivity contribution is 9.10. The molecule has 8 heteroatoms. The molecular weight excluding hydrogens is 444 g/mol. The van der Waals surface area contributed by atoms with Gasteiger partial charge in [-0.25, -0.2) is 4.98 Å². The minimum absolute atomic E-state index is 0.0443. The first kappa shape index (κ1) is 23.4. The average Bonchev–Trinajstić information content (AvgIpc) is 2.75. The van der Waals surface area contributed by atoms with Gasteiger partial charge < -0.3 is 27.4 Å². The van der Waals surface area contributed by atoms with Crippen LogP contribution in [0.4, 0.5) is 17.2 Å². The average molecular weight is 473 g/mol. The zero-order valence-corrected chi connectivity index (χ0v) is 18.9. The minimum atomic E-state index is -0.0443. The number of nitrogen functional groups attached to an aromatic ring is 3. The zero-order valence-electron chi connectivity index (χ0n) is 17.4. The highest BCUT2D eigenvalue weighted by atomic mass is 79.9. The normalized spacial score (nSPS) is 10.5. The van der Waals surface area contributed by atoms with Crippen molar-refractivity contribution in [3.8, 4) is 0 Å². The van der Waals surface area contributed by atoms with Crippen LogP contribution in [0.5, 0.6) is 0 Å². The smallest absolute Gasteiger partial charge is 0.251 e. The first-order valence-corrected chi connectivity index (χ1v) is 10.6. The van der Waals surface area contributed by atoms with Crippen LogP contribution in [0.1, 0.15) is 24.2 Å². The number of carbonyl (C=O) groups is 1. The molecule has 160 valence electrons. The van der Waals surface area contributed by atoms with Crippen LogP contribution in [0.3, 0.4) is 0 Å². The first-order chi connectivity index (χ1) is 14.3. The maximum absolute atomic E-state index is 11.7. The second-order valence-corrected chi connectivity index (χ2v) is 7.61. The summed E-state index contributed by atoms with van der Waals surface area (Å²) < 4.78 is 0.984. The number of aromatic nitrogens is 1. The summed E-state index contributed by atoms with van der Waals surface area (Å²) in [5.41, 5.74) is 18.8. The fourth-order valence-electron chi connectivity index (χ4n) is 2.82. The van der Waals surface area contributed by atoms with E-state index in [9.17, 15) is 4.79 Å². The molecule has 1 heterocycles. The number of carbonyl (C=O) groups excluding carboxylic acids is 1. The second-order valence-electron chi connectivity index (χ2n) is 6.69. The highest BCUT2D eigenvalue weighted by Gasteiger charge is 2.05. The largest absolute Gasteiger partial charge is 0.399 e. The van der Waals surface area contributed by atoms with Crippen molar-refractivity contribution in [1.29, 1.82) is 0 Å². The SMILES string of the molecule is CCN(CC)CCNC(=O)c1ccc(N)cc1.Nc1ncc2ccc(Br)cc2c1N. The molecular formula is C22H29BrN6O. The third-order valence-electron chi connectivity index (χ3n) is 4.71. The summed E-state index contributed by atoms with van der Waals surface area (Å²) in [7, 11) is 0. The van der Waals surface area contributed by atoms with Crippen LogP contribution >= 0.6 is 15.9 Å². The van der Waals surface area contributed by atoms with Gasteiger partial charge in [0.05, 0.1) is 5.69 Å². The Morgan fingerprint density at radius 2 is 1.73 bits per heavy atom. The predicted octanol–water partition coefficient (Wildman–Crippen LogP) is 3.50. The number of anilines is 3. The van der Waals surface area contributed by atoms with Crippen LogP contribution in [0.25, 0.3) is 10.8 Å². The van der Waals surface area contributed by atoms with Crippen molar-refractivity contribution >= 4 is 49.8 Å². The van der Waals surface area contributed by atoms with Crippen LogP contribution in [0, 0.1) is 0 Å². The van der Waals surface area contributed by atoms with E-state index in [1.807, 2.05) is 18.2 Å². The molecule has 2 aromatic carbocycles. The summed E-state index contributed by atoms with van der Waals surface area (Å²) >= 11 is 3.37. The molecule has 7 nitrogen and oxygen atoms in total. The molecule has 0 aliphatic carbocycles. The van der Waals surface area contributed by atoms with Gasteiger partial charge in [0, 0.05) is 45.8 Å². The van der Waals surface area contributed by atoms with Crippen LogP contribution in [-0.4, -0.2) is 42.0 Å². The van der Waals surface area contributed by atoms with E-state index in [1.165, 1.54) is 0 Å². The third-order valence-corrected chi connectivity index (χ3v) is 5.20. The minimum Gasteiger partial charge on any atom is -0.399 e. The number of fused-ring (bicyclic) bond motifs is 1. The molecule has 1 aromatic heterocycles. The van der Waals surface area contributed by atoms with Gasteiger partial charge in [0.1, 0.15) is 5.82 Å². The predicted molar refractivity (Wildman–Crippen MR) is 129 cm³/mol. The lowest BCUT2D eigenvalue weighted by atomic mass is 10.1. The van der Waals surface area contributed by atoms with Crippen LogP contribution in [0.2, 0.25) is 0 Å². The molecule has 30 heavy (non-hydrogen) atoms. The maximum atomic E-state index is 11.7. The van der Waals surface area contributed by atoms with E-state index in [0.29, 0.717) is 29.3 Å². The topological polar surface area (TPSA) is 123 Å². The molecule has 1 amide bonds. The van der Waals surface area contributed by atoms with Gasteiger partial charge in [-0.2, -0.15) is 0 Å². The molecule has 0 fully saturated rings. The van der Waals surface area contributed by atoms with Crippen molar-refractivity contribution < 1.29 is 4.79 Å². The van der Waals surface area contributed by atoms with E-state index in [4.69, 9.17) is 17.2 Å². The number of hydrogen-bond acceptors (Lipinski definition) is 6. The Morgan fingerprint density at radius 1 is 1.07 bits per heavy atom. The van der Waals surface area contributed by atoms with E-state index in [0.717, 1.165) is 34.9 Å². The number of hydrogen-bond donors (Lipinski definition) is 4. The number of benzene rings is 2. The zero-order chi connectivity index (χ0) is 22.1. The van der Waals surface area contributed by atoms with Crippen molar-refractivity contribution in [3.05, 3.63) is 58.7 Å². The standard InChI is InChI=1S/C13H21N3O.C9H8BrN3/c1-3-16(4-2)10-9-15-13(17)11-5-7-12(14)8-6-11;10-6-2-1-5-4-13-9(12)8(11)7(5)3-6/h5-8H,3-4,9-10,14H2,1-2H3,(H,15,17);1-4H,11H2,(H2,12,13). The van der Waals surface area contributed by atoms with Gasteiger partial charge in [0.15, 0.2) is 0 Å². The lowest BCUT2D eigenvalue weighted by molar-refractivity contribution is 0.0949. The monoisotopic (exact) mass is 472 g/mol. The molecule has 0 saturated carbocycles. The van der Waals surface area contributed by atoms with Crippen LogP contribution < -0.4 is 22.5 Å². The number of nitrogens with zero attached hydrogens (tertiary/aromatic N) is 2. The molecule has 0 saturated heterocycles. The van der Waals surface area contributed by atoms with Crippen molar-refractivity contribution in [2.45, 2.75) is 13.8 Å². The Kier molecular flexibility index (Phi) is 8.89. The van der Waals surface area contributed by atoms with Crippen molar-refractivity contribution in [2.75, 3.05) is 43.4 Å². The number of rotatable bonds is 6. The van der Waals surface area contributed by atoms with Crippen LogP contribution in [0.15, 0.2) is 53.1 Å². The lowest BCUT2D eigenvalue weighted by Gasteiger charge is -2.17. The van der Waals surface area contributed by atoms with Gasteiger partial charge in [-0.05, 0) is 49.5 Å². The van der Waals surface area contributed by atoms with E-state index in [1.54, 1.807) is 30.5 Å². The molecule has 0 bridgehead atoms. The van der Waals surface area contributed by atoms with Gasteiger partial charge in [-0.3, -0.25) is 4.79 Å². The van der Waals surface area contributed by atoms with Gasteiger partial charge in [0.2, 0.25) is 0 Å². The summed E-state index contributed by atoms with van der Waals surface area (Å²) in [5, 5.41) is 4.82. The van der Waals surface area contributed by atoms with Crippen LogP contribution in [-0.2, 0) is 0 Å². The lowest BCUT2D eigenvalue weighted by Crippen LogP contribution is -2.34. The number of likely N-dealkylation sites (N-methyl/N-ethyl adjacent to an activating group) is 1. The summed E-state index contributed by atoms with van der Waals surface area (Å²) in [6.45, 7) is 7.80. The molecule has 3 rings (SSSR count). The number of nitrogens with one attached hydrogen (secondary N) is 1. The van der Waals surface area contributed by atoms with Crippen molar-refractivity contribution in [1.82, 2.24) is 15.2 Å². The fraction of sp³-hybridized carbons (Fsp3) is 0.273. The maximum Gasteiger partial charge on any atom is 0.251 e. The van der Waals surface area contributed by atoms with Gasteiger partial charge in [0.25, 0.3) is 5.91 Å². The number of pyridine rings is 1. The Labute approximate surface area is 185 Å². The molecule has 0 atom stereocenters. The van der Waals surface area contributed by atoms with E-state index in [-0.39, 0.29) is 5.91 Å². The molecule has 0 radical (unpaired) electrons. The van der Waals surface area contributed by atoms with Gasteiger partial charge >= 0.3 is 0 Å². The number of amides is 1. The Bertz CT molecular complexity index is 968. The molecule has 0 aliphatic heterocycles. The quantitative estimate of drug-likeness (QED) is 0.407. The summed E-state index contributed by atoms with van der Waals surface area (Å²) in [6, 6.07) is 12.8. The second kappa shape index (κ2) is 11.4. The summed E-state index contributed by atoms with van der Waals surface area (Å²) in [4.78, 5) is 18.0. The first-order valence-electron chi connectivity index (χ1n) is 9.81. The van der Waals surface area contributed by atoms with Crippen molar-refractivity contribution in [2.24, 2.45) is 0 Å². The summed E-state index contributed by atoms with van der Waals surface area (Å²) in [6.07, 6.45) is 1.72. The molecule has 0 spiro atoms. The Balaban J connectivity index is 0.000000220. The molecule has 0 aliphatic rings. The number of nitrogens with two attached hydrogens (primary N) is 3. The highest BCUT2D eigenvalue weighted by Crippen LogP contribution is 2.27. The van der Waals surface area contributed by atoms with E-state index in [2.05, 4.69) is 45.0 Å². The van der Waals surface area contributed by atoms with Gasteiger partial charge in [-0.1, -0.05) is 35.8 Å².